The van der Waals surface area contributed by atoms with Crippen molar-refractivity contribution in [1.29, 1.82) is 0 Å². The van der Waals surface area contributed by atoms with Crippen molar-refractivity contribution in [3.63, 3.8) is 0 Å². The largest absolute Gasteiger partial charge is 0.314 e. The molecular formula is C11H24N2. The van der Waals surface area contributed by atoms with E-state index in [2.05, 4.69) is 31.0 Å². The van der Waals surface area contributed by atoms with E-state index in [0.717, 1.165) is 18.6 Å². The van der Waals surface area contributed by atoms with Crippen molar-refractivity contribution in [2.24, 2.45) is 0 Å². The average Bonchev–Trinajstić information content (AvgIpc) is 2.15. The van der Waals surface area contributed by atoms with E-state index in [9.17, 15) is 0 Å². The number of piperazine rings is 1. The second-order valence-corrected chi connectivity index (χ2v) is 4.28. The van der Waals surface area contributed by atoms with E-state index in [4.69, 9.17) is 0 Å². The first kappa shape index (κ1) is 11.0. The highest BCUT2D eigenvalue weighted by atomic mass is 15.2. The average molecular weight is 184 g/mol. The monoisotopic (exact) mass is 184 g/mol. The predicted octanol–water partition coefficient (Wildman–Crippen LogP) is 1.86. The van der Waals surface area contributed by atoms with Gasteiger partial charge in [-0.25, -0.2) is 0 Å². The minimum Gasteiger partial charge on any atom is -0.314 e. The van der Waals surface area contributed by atoms with Crippen LogP contribution in [0.15, 0.2) is 0 Å². The molecule has 2 unspecified atom stereocenters. The number of unbranched alkanes of at least 4 members (excludes halogenated alkanes) is 1. The van der Waals surface area contributed by atoms with Gasteiger partial charge in [-0.3, -0.25) is 4.90 Å². The van der Waals surface area contributed by atoms with Crippen molar-refractivity contribution in [2.75, 3.05) is 19.6 Å². The number of nitrogens with one attached hydrogen (secondary N) is 1. The van der Waals surface area contributed by atoms with Gasteiger partial charge in [0.25, 0.3) is 0 Å². The maximum Gasteiger partial charge on any atom is 0.0195 e. The molecule has 1 aliphatic heterocycles. The molecule has 2 atom stereocenters. The zero-order valence-corrected chi connectivity index (χ0v) is 9.34. The van der Waals surface area contributed by atoms with Gasteiger partial charge in [0.05, 0.1) is 0 Å². The number of nitrogens with zero attached hydrogens (tertiary/aromatic N) is 1. The van der Waals surface area contributed by atoms with Crippen molar-refractivity contribution >= 4 is 0 Å². The molecule has 0 aromatic heterocycles. The van der Waals surface area contributed by atoms with Crippen LogP contribution >= 0.6 is 0 Å². The van der Waals surface area contributed by atoms with E-state index in [1.54, 1.807) is 0 Å². The fraction of sp³-hybridized carbons (Fsp3) is 1.00. The second-order valence-electron chi connectivity index (χ2n) is 4.28. The molecule has 1 heterocycles. The van der Waals surface area contributed by atoms with E-state index >= 15 is 0 Å². The van der Waals surface area contributed by atoms with Gasteiger partial charge in [0.2, 0.25) is 0 Å². The molecule has 0 radical (unpaired) electrons. The Hall–Kier alpha value is -0.0800. The predicted molar refractivity (Wildman–Crippen MR) is 58.0 cm³/mol. The zero-order chi connectivity index (χ0) is 9.68. The van der Waals surface area contributed by atoms with E-state index in [0.29, 0.717) is 0 Å². The lowest BCUT2D eigenvalue weighted by molar-refractivity contribution is 0.119. The minimum absolute atomic E-state index is 0.723. The van der Waals surface area contributed by atoms with Gasteiger partial charge >= 0.3 is 0 Å². The highest BCUT2D eigenvalue weighted by Gasteiger charge is 2.21. The topological polar surface area (TPSA) is 15.3 Å². The Morgan fingerprint density at radius 1 is 1.54 bits per heavy atom. The van der Waals surface area contributed by atoms with Crippen molar-refractivity contribution < 1.29 is 0 Å². The molecule has 0 bridgehead atoms. The summed E-state index contributed by atoms with van der Waals surface area (Å²) in [6, 6.07) is 1.50. The van der Waals surface area contributed by atoms with E-state index in [1.807, 2.05) is 0 Å². The van der Waals surface area contributed by atoms with Gasteiger partial charge in [-0.15, -0.1) is 0 Å². The smallest absolute Gasteiger partial charge is 0.0195 e. The molecule has 0 spiro atoms. The first-order valence-electron chi connectivity index (χ1n) is 5.72. The Kier molecular flexibility index (Phi) is 4.74. The molecule has 1 saturated heterocycles. The molecule has 0 amide bonds. The van der Waals surface area contributed by atoms with Crippen LogP contribution in [0.5, 0.6) is 0 Å². The maximum atomic E-state index is 3.43. The third kappa shape index (κ3) is 3.28. The molecule has 2 nitrogen and oxygen atoms in total. The molecule has 1 N–H and O–H groups in total. The summed E-state index contributed by atoms with van der Waals surface area (Å²) < 4.78 is 0. The molecule has 0 aliphatic carbocycles. The molecule has 0 aromatic carbocycles. The van der Waals surface area contributed by atoms with Gasteiger partial charge < -0.3 is 5.32 Å². The van der Waals surface area contributed by atoms with Crippen molar-refractivity contribution in [1.82, 2.24) is 10.2 Å². The van der Waals surface area contributed by atoms with Gasteiger partial charge in [0, 0.05) is 31.7 Å². The van der Waals surface area contributed by atoms with Crippen LogP contribution in [0.3, 0.4) is 0 Å². The Labute approximate surface area is 82.7 Å². The number of hydrogen-bond donors (Lipinski definition) is 1. The van der Waals surface area contributed by atoms with Crippen LogP contribution in [0.25, 0.3) is 0 Å². The van der Waals surface area contributed by atoms with Gasteiger partial charge in [0.15, 0.2) is 0 Å². The standard InChI is InChI=1S/C11H24N2/c1-4-5-6-10(2)13-8-7-12-9-11(13)3/h10-12H,4-9H2,1-3H3. The molecule has 0 aromatic rings. The summed E-state index contributed by atoms with van der Waals surface area (Å²) >= 11 is 0. The lowest BCUT2D eigenvalue weighted by Gasteiger charge is -2.38. The fourth-order valence-electron chi connectivity index (χ4n) is 2.18. The summed E-state index contributed by atoms with van der Waals surface area (Å²) in [6.07, 6.45) is 4.06. The molecule has 78 valence electrons. The fourth-order valence-corrected chi connectivity index (χ4v) is 2.18. The third-order valence-electron chi connectivity index (χ3n) is 3.09. The molecule has 1 aliphatic rings. The lowest BCUT2D eigenvalue weighted by atomic mass is 10.1. The van der Waals surface area contributed by atoms with E-state index in [-0.39, 0.29) is 0 Å². The van der Waals surface area contributed by atoms with Crippen molar-refractivity contribution in [3.8, 4) is 0 Å². The molecule has 2 heteroatoms. The van der Waals surface area contributed by atoms with Crippen LogP contribution in [0.4, 0.5) is 0 Å². The Bertz CT molecular complexity index is 136. The van der Waals surface area contributed by atoms with Crippen LogP contribution in [0.2, 0.25) is 0 Å². The van der Waals surface area contributed by atoms with Crippen LogP contribution in [-0.4, -0.2) is 36.6 Å². The summed E-state index contributed by atoms with van der Waals surface area (Å²) in [5.74, 6) is 0. The van der Waals surface area contributed by atoms with Crippen molar-refractivity contribution in [2.45, 2.75) is 52.1 Å². The summed E-state index contributed by atoms with van der Waals surface area (Å²) in [6.45, 7) is 10.5. The summed E-state index contributed by atoms with van der Waals surface area (Å²) in [4.78, 5) is 2.64. The Morgan fingerprint density at radius 2 is 2.31 bits per heavy atom. The molecule has 1 rings (SSSR count). The Morgan fingerprint density at radius 3 is 2.92 bits per heavy atom. The third-order valence-corrected chi connectivity index (χ3v) is 3.09. The van der Waals surface area contributed by atoms with Crippen molar-refractivity contribution in [3.05, 3.63) is 0 Å². The normalized spacial score (nSPS) is 27.5. The minimum atomic E-state index is 0.723. The quantitative estimate of drug-likeness (QED) is 0.717. The van der Waals surface area contributed by atoms with E-state index in [1.165, 1.54) is 32.4 Å². The van der Waals surface area contributed by atoms with Gasteiger partial charge in [0.1, 0.15) is 0 Å². The van der Waals surface area contributed by atoms with Gasteiger partial charge in [-0.05, 0) is 20.3 Å². The number of hydrogen-bond acceptors (Lipinski definition) is 2. The number of rotatable bonds is 4. The van der Waals surface area contributed by atoms with Gasteiger partial charge in [-0.2, -0.15) is 0 Å². The first-order chi connectivity index (χ1) is 6.25. The second kappa shape index (κ2) is 5.61. The highest BCUT2D eigenvalue weighted by molar-refractivity contribution is 4.80. The van der Waals surface area contributed by atoms with Crippen LogP contribution < -0.4 is 5.32 Å². The van der Waals surface area contributed by atoms with Crippen LogP contribution in [-0.2, 0) is 0 Å². The lowest BCUT2D eigenvalue weighted by Crippen LogP contribution is -2.53. The van der Waals surface area contributed by atoms with E-state index < -0.39 is 0 Å². The highest BCUT2D eigenvalue weighted by Crippen LogP contribution is 2.13. The zero-order valence-electron chi connectivity index (χ0n) is 9.34. The Balaban J connectivity index is 2.30. The maximum absolute atomic E-state index is 3.43. The first-order valence-corrected chi connectivity index (χ1v) is 5.72. The van der Waals surface area contributed by atoms with Gasteiger partial charge in [-0.1, -0.05) is 19.8 Å². The summed E-state index contributed by atoms with van der Waals surface area (Å²) in [5.41, 5.74) is 0. The molecule has 1 fully saturated rings. The molecular weight excluding hydrogens is 160 g/mol. The van der Waals surface area contributed by atoms with Crippen LogP contribution in [0, 0.1) is 0 Å². The molecule has 0 saturated carbocycles. The van der Waals surface area contributed by atoms with Crippen LogP contribution in [0.1, 0.15) is 40.0 Å². The summed E-state index contributed by atoms with van der Waals surface area (Å²) in [5, 5.41) is 3.43. The SMILES string of the molecule is CCCCC(C)N1CCNCC1C. The molecule has 13 heavy (non-hydrogen) atoms. The summed E-state index contributed by atoms with van der Waals surface area (Å²) in [7, 11) is 0.